The van der Waals surface area contributed by atoms with Gasteiger partial charge in [0.05, 0.1) is 11.3 Å². The molecular formula is C15H13FN2O. The number of halogens is 1. The molecule has 1 aliphatic heterocycles. The molecular weight excluding hydrogens is 243 g/mol. The number of rotatable bonds is 1. The SMILES string of the molecule is CN1c2ccccc2C(=O)N[C@H]1c1ccc(F)cc1. The molecule has 0 bridgehead atoms. The molecule has 0 unspecified atom stereocenters. The van der Waals surface area contributed by atoms with Gasteiger partial charge in [0.15, 0.2) is 0 Å². The smallest absolute Gasteiger partial charge is 0.255 e. The van der Waals surface area contributed by atoms with Crippen molar-refractivity contribution in [1.29, 1.82) is 0 Å². The third kappa shape index (κ3) is 1.95. The maximum atomic E-state index is 13.0. The van der Waals surface area contributed by atoms with E-state index in [2.05, 4.69) is 5.32 Å². The van der Waals surface area contributed by atoms with Crippen LogP contribution in [0.2, 0.25) is 0 Å². The fourth-order valence-corrected chi connectivity index (χ4v) is 2.36. The predicted molar refractivity (Wildman–Crippen MR) is 71.5 cm³/mol. The first kappa shape index (κ1) is 11.7. The van der Waals surface area contributed by atoms with Gasteiger partial charge in [0.25, 0.3) is 5.91 Å². The van der Waals surface area contributed by atoms with E-state index in [0.717, 1.165) is 11.3 Å². The molecule has 3 nitrogen and oxygen atoms in total. The van der Waals surface area contributed by atoms with Crippen LogP contribution in [-0.2, 0) is 0 Å². The summed E-state index contributed by atoms with van der Waals surface area (Å²) in [4.78, 5) is 14.0. The lowest BCUT2D eigenvalue weighted by molar-refractivity contribution is 0.0928. The highest BCUT2D eigenvalue weighted by Crippen LogP contribution is 2.31. The Morgan fingerprint density at radius 1 is 1.11 bits per heavy atom. The van der Waals surface area contributed by atoms with E-state index in [1.165, 1.54) is 12.1 Å². The summed E-state index contributed by atoms with van der Waals surface area (Å²) in [6.45, 7) is 0. The number of amides is 1. The third-order valence-corrected chi connectivity index (χ3v) is 3.37. The minimum atomic E-state index is -0.283. The Morgan fingerprint density at radius 3 is 2.53 bits per heavy atom. The molecule has 4 heteroatoms. The van der Waals surface area contributed by atoms with Gasteiger partial charge in [0, 0.05) is 7.05 Å². The Labute approximate surface area is 110 Å². The summed E-state index contributed by atoms with van der Waals surface area (Å²) in [6.07, 6.45) is -0.275. The first-order valence-electron chi connectivity index (χ1n) is 6.05. The number of hydrogen-bond donors (Lipinski definition) is 1. The highest BCUT2D eigenvalue weighted by molar-refractivity contribution is 6.01. The van der Waals surface area contributed by atoms with Crippen molar-refractivity contribution in [3.8, 4) is 0 Å². The van der Waals surface area contributed by atoms with Crippen molar-refractivity contribution in [1.82, 2.24) is 5.32 Å². The van der Waals surface area contributed by atoms with E-state index in [1.54, 1.807) is 18.2 Å². The van der Waals surface area contributed by atoms with Crippen LogP contribution in [0.25, 0.3) is 0 Å². The maximum absolute atomic E-state index is 13.0. The lowest BCUT2D eigenvalue weighted by atomic mass is 10.0. The molecule has 2 aromatic rings. The van der Waals surface area contributed by atoms with Crippen molar-refractivity contribution >= 4 is 11.6 Å². The van der Waals surface area contributed by atoms with E-state index in [1.807, 2.05) is 30.1 Å². The van der Waals surface area contributed by atoms with Crippen LogP contribution in [-0.4, -0.2) is 13.0 Å². The van der Waals surface area contributed by atoms with Gasteiger partial charge < -0.3 is 10.2 Å². The normalized spacial score (nSPS) is 17.9. The minimum Gasteiger partial charge on any atom is -0.350 e. The van der Waals surface area contributed by atoms with Gasteiger partial charge in [-0.05, 0) is 29.8 Å². The fraction of sp³-hybridized carbons (Fsp3) is 0.133. The van der Waals surface area contributed by atoms with Crippen molar-refractivity contribution in [2.75, 3.05) is 11.9 Å². The number of carbonyl (C=O) groups excluding carboxylic acids is 1. The van der Waals surface area contributed by atoms with E-state index in [4.69, 9.17) is 0 Å². The van der Waals surface area contributed by atoms with Crippen molar-refractivity contribution in [3.63, 3.8) is 0 Å². The van der Waals surface area contributed by atoms with Crippen LogP contribution in [0.3, 0.4) is 0 Å². The molecule has 0 saturated heterocycles. The van der Waals surface area contributed by atoms with Gasteiger partial charge in [-0.2, -0.15) is 0 Å². The van der Waals surface area contributed by atoms with Gasteiger partial charge in [-0.15, -0.1) is 0 Å². The van der Waals surface area contributed by atoms with Gasteiger partial charge in [0.1, 0.15) is 12.0 Å². The average molecular weight is 256 g/mol. The van der Waals surface area contributed by atoms with Gasteiger partial charge >= 0.3 is 0 Å². The zero-order valence-corrected chi connectivity index (χ0v) is 10.4. The predicted octanol–water partition coefficient (Wildman–Crippen LogP) is 2.70. The van der Waals surface area contributed by atoms with E-state index in [0.29, 0.717) is 5.56 Å². The highest BCUT2D eigenvalue weighted by Gasteiger charge is 2.28. The van der Waals surface area contributed by atoms with E-state index < -0.39 is 0 Å². The Bertz CT molecular complexity index is 624. The number of para-hydroxylation sites is 1. The van der Waals surface area contributed by atoms with Crippen LogP contribution in [0.4, 0.5) is 10.1 Å². The van der Waals surface area contributed by atoms with Crippen molar-refractivity contribution < 1.29 is 9.18 Å². The molecule has 0 spiro atoms. The summed E-state index contributed by atoms with van der Waals surface area (Å²) in [6, 6.07) is 13.6. The molecule has 1 atom stereocenters. The molecule has 0 aromatic heterocycles. The van der Waals surface area contributed by atoms with Crippen LogP contribution in [0, 0.1) is 5.82 Å². The van der Waals surface area contributed by atoms with Gasteiger partial charge in [-0.3, -0.25) is 4.79 Å². The van der Waals surface area contributed by atoms with E-state index in [9.17, 15) is 9.18 Å². The molecule has 96 valence electrons. The lowest BCUT2D eigenvalue weighted by Gasteiger charge is -2.36. The molecule has 0 radical (unpaired) electrons. The Morgan fingerprint density at radius 2 is 1.79 bits per heavy atom. The Kier molecular flexibility index (Phi) is 2.71. The minimum absolute atomic E-state index is 0.108. The van der Waals surface area contributed by atoms with Gasteiger partial charge in [0.2, 0.25) is 0 Å². The summed E-state index contributed by atoms with van der Waals surface area (Å²) in [5.74, 6) is -0.392. The molecule has 1 N–H and O–H groups in total. The van der Waals surface area contributed by atoms with Crippen molar-refractivity contribution in [2.45, 2.75) is 6.17 Å². The number of hydrogen-bond acceptors (Lipinski definition) is 2. The summed E-state index contributed by atoms with van der Waals surface area (Å²) >= 11 is 0. The number of carbonyl (C=O) groups is 1. The molecule has 0 saturated carbocycles. The molecule has 0 fully saturated rings. The van der Waals surface area contributed by atoms with Crippen LogP contribution in [0.15, 0.2) is 48.5 Å². The van der Waals surface area contributed by atoms with Gasteiger partial charge in [-0.1, -0.05) is 24.3 Å². The van der Waals surface area contributed by atoms with Gasteiger partial charge in [-0.25, -0.2) is 4.39 Å². The molecule has 1 amide bonds. The largest absolute Gasteiger partial charge is 0.350 e. The van der Waals surface area contributed by atoms with Crippen LogP contribution >= 0.6 is 0 Å². The Balaban J connectivity index is 2.02. The zero-order valence-electron chi connectivity index (χ0n) is 10.4. The van der Waals surface area contributed by atoms with Crippen molar-refractivity contribution in [3.05, 3.63) is 65.5 Å². The number of anilines is 1. The number of benzene rings is 2. The van der Waals surface area contributed by atoms with E-state index >= 15 is 0 Å². The molecule has 19 heavy (non-hydrogen) atoms. The van der Waals surface area contributed by atoms with Crippen molar-refractivity contribution in [2.24, 2.45) is 0 Å². The monoisotopic (exact) mass is 256 g/mol. The first-order chi connectivity index (χ1) is 9.16. The quantitative estimate of drug-likeness (QED) is 0.850. The zero-order chi connectivity index (χ0) is 13.4. The van der Waals surface area contributed by atoms with Crippen LogP contribution in [0.5, 0.6) is 0 Å². The second-order valence-corrected chi connectivity index (χ2v) is 4.56. The Hall–Kier alpha value is -2.36. The molecule has 1 aliphatic rings. The fourth-order valence-electron chi connectivity index (χ4n) is 2.36. The third-order valence-electron chi connectivity index (χ3n) is 3.37. The van der Waals surface area contributed by atoms with Crippen LogP contribution in [0.1, 0.15) is 22.1 Å². The lowest BCUT2D eigenvalue weighted by Crippen LogP contribution is -2.44. The van der Waals surface area contributed by atoms with E-state index in [-0.39, 0.29) is 17.9 Å². The van der Waals surface area contributed by atoms with Crippen LogP contribution < -0.4 is 10.2 Å². The summed E-state index contributed by atoms with van der Waals surface area (Å²) in [7, 11) is 1.91. The molecule has 1 heterocycles. The number of fused-ring (bicyclic) bond motifs is 1. The highest BCUT2D eigenvalue weighted by atomic mass is 19.1. The summed E-state index contributed by atoms with van der Waals surface area (Å²) < 4.78 is 13.0. The number of nitrogens with one attached hydrogen (secondary N) is 1. The second kappa shape index (κ2) is 4.39. The number of nitrogens with zero attached hydrogens (tertiary/aromatic N) is 1. The summed E-state index contributed by atoms with van der Waals surface area (Å²) in [5, 5.41) is 2.92. The molecule has 0 aliphatic carbocycles. The molecule has 3 rings (SSSR count). The standard InChI is InChI=1S/C15H13FN2O/c1-18-13-5-3-2-4-12(13)15(19)17-14(18)10-6-8-11(16)9-7-10/h2-9,14H,1H3,(H,17,19)/t14-/m1/s1. The maximum Gasteiger partial charge on any atom is 0.255 e. The second-order valence-electron chi connectivity index (χ2n) is 4.56. The first-order valence-corrected chi connectivity index (χ1v) is 6.05. The topological polar surface area (TPSA) is 32.3 Å². The average Bonchev–Trinajstić information content (AvgIpc) is 2.44. The molecule has 2 aromatic carbocycles. The summed E-state index contributed by atoms with van der Waals surface area (Å²) in [5.41, 5.74) is 2.38.